The maximum absolute atomic E-state index is 11.9. The van der Waals surface area contributed by atoms with Crippen LogP contribution in [0.15, 0.2) is 48.6 Å². The van der Waals surface area contributed by atoms with Crippen LogP contribution in [-0.2, 0) is 181 Å². The Labute approximate surface area is 689 Å². The summed E-state index contributed by atoms with van der Waals surface area (Å²) >= 11 is 0. The zero-order chi connectivity index (χ0) is 90.6. The van der Waals surface area contributed by atoms with Crippen molar-refractivity contribution >= 4 is 95.5 Å². The van der Waals surface area contributed by atoms with Crippen molar-refractivity contribution in [2.24, 2.45) is 0 Å². The largest absolute Gasteiger partial charge is 0.466 e. The standard InChI is InChI=1S/C22H38NO11.C20H34NO10.C18H30NO9.C16H26NO8/c1-18(24)34-19(17-23(2,3)4)16-22(27)33-15-13-31-11-9-29-8-10-30-12-14-32-21(26)7-6-20(25)28-5;1-16(22)31-17(15-21(2,3)4)14-20(25)30-13-11-28-9-8-27-10-12-29-19(24)7-6-18(23)26-5;1-14(20)28-15(13-19(2,3)4)12-18(23)27-11-9-25-8-10-26-17(22)7-6-16(21)24-5;1-12(18)25-13(11-17(2,3)4)10-16(21)24-9-8-23-15(20)7-6-14(19)22-5/h6-7,19H,8-17H2,1-5H3;6-7,17H,8-15H2,1-5H3;6-7,15H,8-13H2,1-5H3;6-7,13H,8-11H2,1-5H3/q4*+1/b4*7-6+/t19-;17-;15-;13-/m1111/s1. The van der Waals surface area contributed by atoms with Gasteiger partial charge in [-0.1, -0.05) is 0 Å². The van der Waals surface area contributed by atoms with Crippen molar-refractivity contribution in [1.82, 2.24) is 0 Å². The van der Waals surface area contributed by atoms with Gasteiger partial charge in [0.2, 0.25) is 0 Å². The molecule has 0 aromatic carbocycles. The van der Waals surface area contributed by atoms with Crippen molar-refractivity contribution in [3.05, 3.63) is 48.6 Å². The lowest BCUT2D eigenvalue weighted by molar-refractivity contribution is -0.873. The van der Waals surface area contributed by atoms with Gasteiger partial charge in [0.05, 0.1) is 218 Å². The smallest absolute Gasteiger partial charge is 0.331 e. The van der Waals surface area contributed by atoms with E-state index in [0.717, 1.165) is 48.6 Å². The van der Waals surface area contributed by atoms with Crippen molar-refractivity contribution in [2.45, 2.75) is 77.8 Å². The van der Waals surface area contributed by atoms with Gasteiger partial charge in [-0.05, 0) is 0 Å². The molecule has 0 aliphatic carbocycles. The number of esters is 16. The number of likely N-dealkylation sites (N-methyl/N-ethyl adjacent to an activating group) is 4. The Balaban J connectivity index is -0.000000739. The van der Waals surface area contributed by atoms with E-state index in [1.54, 1.807) is 0 Å². The predicted octanol–water partition coefficient (Wildman–Crippen LogP) is -0.580. The molecule has 0 spiro atoms. The Bertz CT molecular complexity index is 3110. The molecule has 0 aliphatic heterocycles. The molecule has 0 N–H and O–H groups in total. The fourth-order valence-electron chi connectivity index (χ4n) is 8.46. The Morgan fingerprint density at radius 2 is 0.347 bits per heavy atom. The normalized spacial score (nSPS) is 12.3. The number of nitrogens with zero attached hydrogens (tertiary/aromatic N) is 4. The molecule has 42 nitrogen and oxygen atoms in total. The Hall–Kier alpha value is -9.92. The molecule has 0 bridgehead atoms. The molecule has 0 amide bonds. The highest BCUT2D eigenvalue weighted by Crippen LogP contribution is 2.11. The van der Waals surface area contributed by atoms with Crippen molar-refractivity contribution in [3.63, 3.8) is 0 Å². The van der Waals surface area contributed by atoms with Gasteiger partial charge in [-0.15, -0.1) is 0 Å². The first-order chi connectivity index (χ1) is 55.1. The maximum Gasteiger partial charge on any atom is 0.331 e. The lowest BCUT2D eigenvalue weighted by atomic mass is 10.2. The number of quaternary nitrogens is 4. The summed E-state index contributed by atoms with van der Waals surface area (Å²) in [6.45, 7) is 9.82. The topological polar surface area (TPSA) is 476 Å². The summed E-state index contributed by atoms with van der Waals surface area (Å²) in [6.07, 6.45) is 5.16. The van der Waals surface area contributed by atoms with Crippen molar-refractivity contribution < 1.29 is 199 Å². The number of ether oxygens (including phenoxy) is 22. The van der Waals surface area contributed by atoms with E-state index in [2.05, 4.69) is 18.9 Å². The molecule has 0 fully saturated rings. The summed E-state index contributed by atoms with van der Waals surface area (Å²) < 4.78 is 111. The third kappa shape index (κ3) is 86.9. The molecule has 0 heterocycles. The number of methoxy groups -OCH3 is 4. The molecular weight excluding hydrogens is 1580 g/mol. The summed E-state index contributed by atoms with van der Waals surface area (Å²) in [5, 5.41) is 0. The zero-order valence-electron chi connectivity index (χ0n) is 72.0. The minimum Gasteiger partial charge on any atom is -0.466 e. The second-order valence-corrected chi connectivity index (χ2v) is 28.3. The quantitative estimate of drug-likeness (QED) is 0.0242. The highest BCUT2D eigenvalue weighted by Gasteiger charge is 2.29. The van der Waals surface area contributed by atoms with Gasteiger partial charge in [-0.3, -0.25) is 38.4 Å². The number of hydrogen-bond acceptors (Lipinski definition) is 38. The summed E-state index contributed by atoms with van der Waals surface area (Å²) in [5.74, 6) is -9.24. The predicted molar refractivity (Wildman–Crippen MR) is 409 cm³/mol. The average Bonchev–Trinajstić information content (AvgIpc) is 0.922. The first-order valence-corrected chi connectivity index (χ1v) is 36.8. The van der Waals surface area contributed by atoms with Crippen LogP contribution in [0.25, 0.3) is 0 Å². The van der Waals surface area contributed by atoms with E-state index in [-0.39, 0.29) is 131 Å². The lowest BCUT2D eigenvalue weighted by Crippen LogP contribution is -2.43. The van der Waals surface area contributed by atoms with Gasteiger partial charge in [-0.2, -0.15) is 0 Å². The van der Waals surface area contributed by atoms with E-state index in [0.29, 0.717) is 70.5 Å². The molecule has 0 aliphatic rings. The van der Waals surface area contributed by atoms with Crippen LogP contribution in [0.3, 0.4) is 0 Å². The van der Waals surface area contributed by atoms with Crippen LogP contribution in [0.2, 0.25) is 0 Å². The molecule has 0 saturated carbocycles. The second kappa shape index (κ2) is 69.1. The van der Waals surface area contributed by atoms with E-state index in [4.69, 9.17) is 85.3 Å². The third-order valence-electron chi connectivity index (χ3n) is 12.7. The van der Waals surface area contributed by atoms with Gasteiger partial charge in [0.25, 0.3) is 0 Å². The van der Waals surface area contributed by atoms with Crippen LogP contribution < -0.4 is 0 Å². The van der Waals surface area contributed by atoms with Crippen LogP contribution in [0.5, 0.6) is 0 Å². The fraction of sp³-hybridized carbons (Fsp3) is 0.684. The summed E-state index contributed by atoms with van der Waals surface area (Å²) in [7, 11) is 27.9. The number of carbonyl (C=O) groups is 16. The number of rotatable bonds is 58. The highest BCUT2D eigenvalue weighted by molar-refractivity contribution is 5.93. The monoisotopic (exact) mass is 1700 g/mol. The molecule has 0 rings (SSSR count). The van der Waals surface area contributed by atoms with Crippen molar-refractivity contribution in [1.29, 1.82) is 0 Å². The lowest BCUT2D eigenvalue weighted by Gasteiger charge is -2.28. The van der Waals surface area contributed by atoms with Gasteiger partial charge in [0.15, 0.2) is 24.4 Å². The molecule has 676 valence electrons. The first kappa shape index (κ1) is 114. The maximum atomic E-state index is 11.9. The van der Waals surface area contributed by atoms with Crippen LogP contribution >= 0.6 is 0 Å². The number of hydrogen-bond donors (Lipinski definition) is 0. The minimum absolute atomic E-state index is 0.0123. The van der Waals surface area contributed by atoms with Crippen molar-refractivity contribution in [3.8, 4) is 0 Å². The third-order valence-corrected chi connectivity index (χ3v) is 12.7. The second-order valence-electron chi connectivity index (χ2n) is 28.3. The summed E-state index contributed by atoms with van der Waals surface area (Å²) in [5.41, 5.74) is 0. The van der Waals surface area contributed by atoms with Gasteiger partial charge in [0, 0.05) is 76.3 Å². The van der Waals surface area contributed by atoms with E-state index < -0.39 is 120 Å². The minimum atomic E-state index is -0.760. The van der Waals surface area contributed by atoms with Gasteiger partial charge in [-0.25, -0.2) is 38.4 Å². The van der Waals surface area contributed by atoms with E-state index in [9.17, 15) is 76.7 Å². The molecule has 0 saturated heterocycles. The molecule has 0 aromatic heterocycles. The molecule has 4 atom stereocenters. The van der Waals surface area contributed by atoms with Crippen LogP contribution in [-0.4, -0.2) is 409 Å². The fourth-order valence-corrected chi connectivity index (χ4v) is 8.46. The van der Waals surface area contributed by atoms with Crippen molar-refractivity contribution in [2.75, 3.05) is 271 Å². The molecular formula is C76H128N4O38+4. The van der Waals surface area contributed by atoms with Gasteiger partial charge in [0.1, 0.15) is 79.0 Å². The van der Waals surface area contributed by atoms with E-state index in [1.807, 2.05) is 84.6 Å². The Morgan fingerprint density at radius 3 is 0.500 bits per heavy atom. The Morgan fingerprint density at radius 1 is 0.212 bits per heavy atom. The van der Waals surface area contributed by atoms with E-state index in [1.165, 1.54) is 56.1 Å². The zero-order valence-corrected chi connectivity index (χ0v) is 72.0. The highest BCUT2D eigenvalue weighted by atomic mass is 16.6. The summed E-state index contributed by atoms with van der Waals surface area (Å²) in [4.78, 5) is 180. The molecule has 0 aromatic rings. The van der Waals surface area contributed by atoms with Gasteiger partial charge < -0.3 is 122 Å². The average molecular weight is 1710 g/mol. The summed E-state index contributed by atoms with van der Waals surface area (Å²) in [6, 6.07) is 0. The number of carbonyl (C=O) groups excluding carboxylic acids is 16. The SMILES string of the molecule is COC(=O)/C=C/C(=O)OCCOC(=O)C[C@H](C[N+](C)(C)C)OC(C)=O.COC(=O)/C=C/C(=O)OCCOCCOC(=O)C[C@H](C[N+](C)(C)C)OC(C)=O.COC(=O)/C=C/C(=O)OCCOCCOCCOC(=O)C[C@H](C[N+](C)(C)C)OC(C)=O.COC(=O)/C=C/C(=O)OCCOCCOCCOCCOC(=O)C[C@H](C[N+](C)(C)C)OC(C)=O. The molecule has 42 heteroatoms. The van der Waals surface area contributed by atoms with E-state index >= 15 is 0 Å². The van der Waals surface area contributed by atoms with Crippen LogP contribution in [0.4, 0.5) is 0 Å². The van der Waals surface area contributed by atoms with Gasteiger partial charge >= 0.3 is 95.5 Å². The van der Waals surface area contributed by atoms with Crippen LogP contribution in [0.1, 0.15) is 53.4 Å². The first-order valence-electron chi connectivity index (χ1n) is 36.8. The molecule has 0 radical (unpaired) electrons. The van der Waals surface area contributed by atoms with Crippen LogP contribution in [0, 0.1) is 0 Å². The molecule has 118 heavy (non-hydrogen) atoms. The molecule has 0 unspecified atom stereocenters. The Kier molecular flexibility index (Phi) is 67.0.